The number of carbonyl (C=O) groups is 1. The average molecular weight is 541 g/mol. The first-order chi connectivity index (χ1) is 14.6. The van der Waals surface area contributed by atoms with Crippen LogP contribution >= 0.6 is 22.6 Å². The first-order valence-corrected chi connectivity index (χ1v) is 10.9. The summed E-state index contributed by atoms with van der Waals surface area (Å²) >= 11 is 2.05. The molecule has 0 saturated heterocycles. The first kappa shape index (κ1) is 23.6. The number of amides is 1. The van der Waals surface area contributed by atoms with Gasteiger partial charge in [0.2, 0.25) is 0 Å². The van der Waals surface area contributed by atoms with E-state index in [0.29, 0.717) is 11.3 Å². The lowest BCUT2D eigenvalue weighted by Crippen LogP contribution is -2.31. The Morgan fingerprint density at radius 2 is 2.10 bits per heavy atom. The van der Waals surface area contributed by atoms with Crippen LogP contribution in [0.2, 0.25) is 0 Å². The molecule has 0 fully saturated rings. The van der Waals surface area contributed by atoms with Gasteiger partial charge >= 0.3 is 0 Å². The van der Waals surface area contributed by atoms with E-state index in [1.54, 1.807) is 49.0 Å². The number of rotatable bonds is 9. The Hall–Kier alpha value is -2.08. The van der Waals surface area contributed by atoms with Gasteiger partial charge in [0.15, 0.2) is 5.79 Å². The Labute approximate surface area is 193 Å². The number of hydrogen-bond donors (Lipinski definition) is 2. The Balaban J connectivity index is 1.74. The fourth-order valence-electron chi connectivity index (χ4n) is 2.97. The van der Waals surface area contributed by atoms with Crippen LogP contribution in [0.1, 0.15) is 36.8 Å². The van der Waals surface area contributed by atoms with Crippen molar-refractivity contribution in [3.8, 4) is 0 Å². The van der Waals surface area contributed by atoms with E-state index in [9.17, 15) is 14.3 Å². The van der Waals surface area contributed by atoms with Gasteiger partial charge < -0.3 is 14.4 Å². The largest absolute Gasteiger partial charge is 0.366 e. The highest BCUT2D eigenvalue weighted by Gasteiger charge is 2.19. The quantitative estimate of drug-likeness (QED) is 0.244. The number of ether oxygens (including phenoxy) is 1. The average Bonchev–Trinajstić information content (AvgIpc) is 3.06. The topological polar surface area (TPSA) is 85.6 Å². The van der Waals surface area contributed by atoms with Crippen molar-refractivity contribution in [3.63, 3.8) is 0 Å². The van der Waals surface area contributed by atoms with Crippen molar-refractivity contribution in [2.24, 2.45) is 5.92 Å². The lowest BCUT2D eigenvalue weighted by molar-refractivity contribution is -0.186. The van der Waals surface area contributed by atoms with Crippen molar-refractivity contribution < 1.29 is 23.9 Å². The SMILES string of the molecule is C[C@@H](CONC(=O)c1cc2ccncc2n1Cc1ccc(I)cc1F)COC(C)(C)O. The molecule has 2 heterocycles. The van der Waals surface area contributed by atoms with E-state index in [-0.39, 0.29) is 31.5 Å². The molecule has 0 saturated carbocycles. The summed E-state index contributed by atoms with van der Waals surface area (Å²) in [5.41, 5.74) is 3.97. The van der Waals surface area contributed by atoms with E-state index in [4.69, 9.17) is 9.57 Å². The van der Waals surface area contributed by atoms with Gasteiger partial charge in [0.1, 0.15) is 11.5 Å². The number of carbonyl (C=O) groups excluding carboxylic acids is 1. The van der Waals surface area contributed by atoms with Crippen LogP contribution in [0, 0.1) is 15.3 Å². The van der Waals surface area contributed by atoms with Crippen LogP contribution in [0.5, 0.6) is 0 Å². The van der Waals surface area contributed by atoms with Crippen molar-refractivity contribution >= 4 is 39.4 Å². The molecule has 0 radical (unpaired) electrons. The smallest absolute Gasteiger partial charge is 0.291 e. The molecule has 1 aromatic carbocycles. The molecular weight excluding hydrogens is 516 g/mol. The molecule has 0 aliphatic carbocycles. The van der Waals surface area contributed by atoms with Gasteiger partial charge in [0.25, 0.3) is 5.91 Å². The molecule has 3 aromatic rings. The lowest BCUT2D eigenvalue weighted by Gasteiger charge is -2.21. The lowest BCUT2D eigenvalue weighted by atomic mass is 10.2. The molecule has 1 amide bonds. The predicted octanol–water partition coefficient (Wildman–Crippen LogP) is 3.87. The fourth-order valence-corrected chi connectivity index (χ4v) is 3.43. The van der Waals surface area contributed by atoms with E-state index >= 15 is 0 Å². The van der Waals surface area contributed by atoms with Gasteiger partial charge in [-0.05, 0) is 60.7 Å². The van der Waals surface area contributed by atoms with E-state index < -0.39 is 11.7 Å². The first-order valence-electron chi connectivity index (χ1n) is 9.79. The van der Waals surface area contributed by atoms with Crippen molar-refractivity contribution in [2.45, 2.75) is 33.1 Å². The Kier molecular flexibility index (Phi) is 7.63. The molecule has 31 heavy (non-hydrogen) atoms. The number of nitrogens with one attached hydrogen (secondary N) is 1. The van der Waals surface area contributed by atoms with Crippen molar-refractivity contribution in [2.75, 3.05) is 13.2 Å². The molecule has 166 valence electrons. The van der Waals surface area contributed by atoms with Gasteiger partial charge in [-0.15, -0.1) is 0 Å². The molecule has 1 atom stereocenters. The maximum atomic E-state index is 14.4. The van der Waals surface area contributed by atoms with Gasteiger partial charge in [-0.25, -0.2) is 9.87 Å². The molecule has 7 nitrogen and oxygen atoms in total. The molecule has 3 rings (SSSR count). The van der Waals surface area contributed by atoms with E-state index in [0.717, 1.165) is 14.5 Å². The molecule has 2 aromatic heterocycles. The standard InChI is InChI=1S/C22H25FIN3O4/c1-14(12-30-22(2,3)29)13-31-26-21(28)19-8-15-6-7-25-10-20(15)27(19)11-16-4-5-17(24)9-18(16)23/h4-10,14,29H,11-13H2,1-3H3,(H,26,28)/t14-/m1/s1. The highest BCUT2D eigenvalue weighted by Crippen LogP contribution is 2.22. The van der Waals surface area contributed by atoms with Crippen molar-refractivity contribution in [3.05, 3.63) is 63.4 Å². The normalized spacial score (nSPS) is 12.8. The molecular formula is C22H25FIN3O4. The summed E-state index contributed by atoms with van der Waals surface area (Å²) in [6.07, 6.45) is 3.29. The molecule has 0 spiro atoms. The summed E-state index contributed by atoms with van der Waals surface area (Å²) in [5, 5.41) is 10.4. The van der Waals surface area contributed by atoms with E-state index in [1.807, 2.05) is 13.0 Å². The minimum atomic E-state index is -1.22. The van der Waals surface area contributed by atoms with Gasteiger partial charge in [-0.1, -0.05) is 13.0 Å². The summed E-state index contributed by atoms with van der Waals surface area (Å²) < 4.78 is 22.2. The zero-order valence-corrected chi connectivity index (χ0v) is 19.7. The minimum absolute atomic E-state index is 0.0531. The molecule has 0 bridgehead atoms. The predicted molar refractivity (Wildman–Crippen MR) is 123 cm³/mol. The summed E-state index contributed by atoms with van der Waals surface area (Å²) in [6.45, 7) is 5.63. The second kappa shape index (κ2) is 10.0. The van der Waals surface area contributed by atoms with Gasteiger partial charge in [0, 0.05) is 26.6 Å². The molecule has 0 unspecified atom stereocenters. The maximum absolute atomic E-state index is 14.4. The zero-order chi connectivity index (χ0) is 22.6. The van der Waals surface area contributed by atoms with E-state index in [2.05, 4.69) is 33.1 Å². The minimum Gasteiger partial charge on any atom is -0.366 e. The van der Waals surface area contributed by atoms with E-state index in [1.165, 1.54) is 6.07 Å². The monoisotopic (exact) mass is 541 g/mol. The van der Waals surface area contributed by atoms with Crippen LogP contribution in [-0.4, -0.2) is 39.6 Å². The maximum Gasteiger partial charge on any atom is 0.291 e. The van der Waals surface area contributed by atoms with Crippen LogP contribution in [0.3, 0.4) is 0 Å². The Morgan fingerprint density at radius 1 is 1.32 bits per heavy atom. The second-order valence-electron chi connectivity index (χ2n) is 7.89. The number of hydrogen-bond acceptors (Lipinski definition) is 5. The molecule has 0 aliphatic heterocycles. The van der Waals surface area contributed by atoms with Crippen LogP contribution in [0.4, 0.5) is 4.39 Å². The number of benzene rings is 1. The van der Waals surface area contributed by atoms with Crippen molar-refractivity contribution in [1.82, 2.24) is 15.0 Å². The summed E-state index contributed by atoms with van der Waals surface area (Å²) in [4.78, 5) is 22.3. The summed E-state index contributed by atoms with van der Waals surface area (Å²) in [6, 6.07) is 8.51. The zero-order valence-electron chi connectivity index (χ0n) is 17.6. The van der Waals surface area contributed by atoms with Gasteiger partial charge in [0.05, 0.1) is 31.5 Å². The van der Waals surface area contributed by atoms with Gasteiger partial charge in [-0.2, -0.15) is 0 Å². The van der Waals surface area contributed by atoms with Crippen molar-refractivity contribution in [1.29, 1.82) is 0 Å². The fraction of sp³-hybridized carbons (Fsp3) is 0.364. The van der Waals surface area contributed by atoms with Crippen LogP contribution < -0.4 is 5.48 Å². The number of fused-ring (bicyclic) bond motifs is 1. The molecule has 0 aliphatic rings. The highest BCUT2D eigenvalue weighted by molar-refractivity contribution is 14.1. The van der Waals surface area contributed by atoms with Crippen LogP contribution in [0.15, 0.2) is 42.7 Å². The number of nitrogens with zero attached hydrogens (tertiary/aromatic N) is 2. The number of hydroxylamine groups is 1. The number of pyridine rings is 1. The molecule has 2 N–H and O–H groups in total. The summed E-state index contributed by atoms with van der Waals surface area (Å²) in [7, 11) is 0. The third kappa shape index (κ3) is 6.45. The van der Waals surface area contributed by atoms with Crippen LogP contribution in [-0.2, 0) is 16.1 Å². The second-order valence-corrected chi connectivity index (χ2v) is 9.14. The Bertz CT molecular complexity index is 1060. The number of aromatic nitrogens is 2. The highest BCUT2D eigenvalue weighted by atomic mass is 127. The number of halogens is 2. The van der Waals surface area contributed by atoms with Gasteiger partial charge in [-0.3, -0.25) is 14.6 Å². The number of aliphatic hydroxyl groups is 1. The third-order valence-electron chi connectivity index (χ3n) is 4.54. The Morgan fingerprint density at radius 3 is 2.81 bits per heavy atom. The third-order valence-corrected chi connectivity index (χ3v) is 5.21. The van der Waals surface area contributed by atoms with Crippen LogP contribution in [0.25, 0.3) is 10.9 Å². The summed E-state index contributed by atoms with van der Waals surface area (Å²) in [5.74, 6) is -2.06. The molecule has 9 heteroatoms.